The van der Waals surface area contributed by atoms with Crippen LogP contribution in [-0.2, 0) is 39.0 Å². The van der Waals surface area contributed by atoms with E-state index in [4.69, 9.17) is 9.47 Å². The minimum Gasteiger partial charge on any atom is -0.493 e. The standard InChI is InChI=1S/C37H40FN3O6S/c1-46-33-20-12-27(24-34(33)47-2)22-23-39-37(43)36(29-6-4-3-5-7-29)41(25-28-8-14-30(38)15-9-28)35(42)21-13-26-10-18-32(19-11-26)48(44,45)40-31-16-17-31/h3-12,14-15,18-20,24,31,36,40H,13,16-17,21-23,25H2,1-2H3,(H,39,43)/t36-/m1/s1. The number of hydrogen-bond donors (Lipinski definition) is 2. The Kier molecular flexibility index (Phi) is 11.5. The molecule has 0 unspecified atom stereocenters. The zero-order valence-corrected chi connectivity index (χ0v) is 27.8. The third kappa shape index (κ3) is 9.20. The van der Waals surface area contributed by atoms with E-state index in [1.54, 1.807) is 62.8 Å². The Morgan fingerprint density at radius 2 is 1.48 bits per heavy atom. The fraction of sp³-hybridized carbons (Fsp3) is 0.297. The van der Waals surface area contributed by atoms with Gasteiger partial charge in [0.2, 0.25) is 21.8 Å². The second-order valence-corrected chi connectivity index (χ2v) is 13.4. The highest BCUT2D eigenvalue weighted by Crippen LogP contribution is 2.29. The average Bonchev–Trinajstić information content (AvgIpc) is 3.91. The van der Waals surface area contributed by atoms with Gasteiger partial charge in [0.05, 0.1) is 19.1 Å². The van der Waals surface area contributed by atoms with Crippen LogP contribution in [0, 0.1) is 5.82 Å². The molecule has 1 aliphatic carbocycles. The van der Waals surface area contributed by atoms with Crippen molar-refractivity contribution in [2.24, 2.45) is 0 Å². The van der Waals surface area contributed by atoms with Crippen molar-refractivity contribution < 1.29 is 31.9 Å². The van der Waals surface area contributed by atoms with Crippen molar-refractivity contribution >= 4 is 21.8 Å². The van der Waals surface area contributed by atoms with E-state index < -0.39 is 21.9 Å². The summed E-state index contributed by atoms with van der Waals surface area (Å²) in [7, 11) is -0.458. The highest BCUT2D eigenvalue weighted by Gasteiger charge is 2.32. The van der Waals surface area contributed by atoms with Gasteiger partial charge in [-0.15, -0.1) is 0 Å². The lowest BCUT2D eigenvalue weighted by atomic mass is 10.0. The van der Waals surface area contributed by atoms with Gasteiger partial charge >= 0.3 is 0 Å². The average molecular weight is 674 g/mol. The van der Waals surface area contributed by atoms with Gasteiger partial charge < -0.3 is 19.7 Å². The molecule has 1 atom stereocenters. The summed E-state index contributed by atoms with van der Waals surface area (Å²) < 4.78 is 52.3. The van der Waals surface area contributed by atoms with Crippen molar-refractivity contribution in [3.05, 3.63) is 125 Å². The smallest absolute Gasteiger partial charge is 0.247 e. The third-order valence-electron chi connectivity index (χ3n) is 8.18. The van der Waals surface area contributed by atoms with Crippen LogP contribution in [0.4, 0.5) is 4.39 Å². The Balaban J connectivity index is 1.34. The van der Waals surface area contributed by atoms with Gasteiger partial charge in [0.15, 0.2) is 11.5 Å². The van der Waals surface area contributed by atoms with E-state index in [2.05, 4.69) is 10.0 Å². The number of rotatable bonds is 16. The Hall–Kier alpha value is -4.74. The number of carbonyl (C=O) groups excluding carboxylic acids is 2. The van der Waals surface area contributed by atoms with Crippen molar-refractivity contribution in [2.75, 3.05) is 20.8 Å². The fourth-order valence-corrected chi connectivity index (χ4v) is 6.70. The molecule has 0 radical (unpaired) electrons. The van der Waals surface area contributed by atoms with Crippen molar-refractivity contribution in [3.8, 4) is 11.5 Å². The highest BCUT2D eigenvalue weighted by molar-refractivity contribution is 7.89. The van der Waals surface area contributed by atoms with Gasteiger partial charge in [-0.1, -0.05) is 60.7 Å². The van der Waals surface area contributed by atoms with Crippen molar-refractivity contribution in [1.82, 2.24) is 14.9 Å². The van der Waals surface area contributed by atoms with Crippen LogP contribution in [0.25, 0.3) is 0 Å². The fourth-order valence-electron chi connectivity index (χ4n) is 5.40. The predicted octanol–water partition coefficient (Wildman–Crippen LogP) is 5.35. The van der Waals surface area contributed by atoms with Gasteiger partial charge in [-0.25, -0.2) is 17.5 Å². The number of hydrogen-bond acceptors (Lipinski definition) is 6. The molecule has 0 heterocycles. The number of halogens is 1. The molecule has 4 aromatic rings. The molecular formula is C37H40FN3O6S. The summed E-state index contributed by atoms with van der Waals surface area (Å²) in [4.78, 5) is 29.7. The number of nitrogens with one attached hydrogen (secondary N) is 2. The molecule has 5 rings (SSSR count). The molecule has 4 aromatic carbocycles. The van der Waals surface area contributed by atoms with Crippen molar-refractivity contribution in [2.45, 2.75) is 55.6 Å². The minimum atomic E-state index is -3.59. The van der Waals surface area contributed by atoms with Gasteiger partial charge in [0.1, 0.15) is 11.9 Å². The predicted molar refractivity (Wildman–Crippen MR) is 180 cm³/mol. The summed E-state index contributed by atoms with van der Waals surface area (Å²) in [5.41, 5.74) is 3.02. The Bertz CT molecular complexity index is 1800. The molecular weight excluding hydrogens is 633 g/mol. The molecule has 0 aliphatic heterocycles. The number of aryl methyl sites for hydroxylation is 1. The lowest BCUT2D eigenvalue weighted by molar-refractivity contribution is -0.141. The van der Waals surface area contributed by atoms with Crippen LogP contribution >= 0.6 is 0 Å². The minimum absolute atomic E-state index is 0.000100. The lowest BCUT2D eigenvalue weighted by Crippen LogP contribution is -2.44. The van der Waals surface area contributed by atoms with Crippen LogP contribution in [0.3, 0.4) is 0 Å². The zero-order valence-electron chi connectivity index (χ0n) is 27.0. The largest absolute Gasteiger partial charge is 0.493 e. The van der Waals surface area contributed by atoms with Crippen LogP contribution in [0.2, 0.25) is 0 Å². The first-order chi connectivity index (χ1) is 23.2. The molecule has 1 fully saturated rings. The van der Waals surface area contributed by atoms with Crippen molar-refractivity contribution in [1.29, 1.82) is 0 Å². The Morgan fingerprint density at radius 1 is 0.833 bits per heavy atom. The molecule has 0 spiro atoms. The molecule has 252 valence electrons. The van der Waals surface area contributed by atoms with E-state index >= 15 is 0 Å². The van der Waals surface area contributed by atoms with Crippen LogP contribution < -0.4 is 19.5 Å². The van der Waals surface area contributed by atoms with E-state index in [1.165, 1.54) is 17.0 Å². The van der Waals surface area contributed by atoms with Crippen molar-refractivity contribution in [3.63, 3.8) is 0 Å². The van der Waals surface area contributed by atoms with Gasteiger partial charge in [-0.3, -0.25) is 9.59 Å². The molecule has 1 saturated carbocycles. The van der Waals surface area contributed by atoms with Gasteiger partial charge in [-0.05, 0) is 84.3 Å². The molecule has 2 N–H and O–H groups in total. The Labute approximate surface area is 281 Å². The number of amides is 2. The third-order valence-corrected chi connectivity index (χ3v) is 9.72. The molecule has 0 aromatic heterocycles. The molecule has 9 nitrogen and oxygen atoms in total. The molecule has 11 heteroatoms. The van der Waals surface area contributed by atoms with Crippen LogP contribution in [0.1, 0.15) is 47.6 Å². The van der Waals surface area contributed by atoms with E-state index in [1.807, 2.05) is 36.4 Å². The summed E-state index contributed by atoms with van der Waals surface area (Å²) in [6.45, 7) is 0.382. The summed E-state index contributed by atoms with van der Waals surface area (Å²) >= 11 is 0. The zero-order chi connectivity index (χ0) is 34.1. The first kappa shape index (κ1) is 34.6. The maximum Gasteiger partial charge on any atom is 0.247 e. The van der Waals surface area contributed by atoms with Crippen LogP contribution in [0.15, 0.2) is 102 Å². The number of methoxy groups -OCH3 is 2. The number of nitrogens with zero attached hydrogens (tertiary/aromatic N) is 1. The number of carbonyl (C=O) groups is 2. The highest BCUT2D eigenvalue weighted by atomic mass is 32.2. The second-order valence-electron chi connectivity index (χ2n) is 11.7. The summed E-state index contributed by atoms with van der Waals surface area (Å²) in [6, 6.07) is 26.0. The summed E-state index contributed by atoms with van der Waals surface area (Å²) in [5.74, 6) is 0.161. The van der Waals surface area contributed by atoms with E-state index in [-0.39, 0.29) is 35.7 Å². The molecule has 48 heavy (non-hydrogen) atoms. The molecule has 0 saturated heterocycles. The second kappa shape index (κ2) is 15.9. The maximum absolute atomic E-state index is 14.0. The van der Waals surface area contributed by atoms with Gasteiger partial charge in [0.25, 0.3) is 0 Å². The molecule has 0 bridgehead atoms. The van der Waals surface area contributed by atoms with Gasteiger partial charge in [-0.2, -0.15) is 0 Å². The lowest BCUT2D eigenvalue weighted by Gasteiger charge is -2.32. The van der Waals surface area contributed by atoms with Crippen LogP contribution in [0.5, 0.6) is 11.5 Å². The monoisotopic (exact) mass is 673 g/mol. The quantitative estimate of drug-likeness (QED) is 0.166. The van der Waals surface area contributed by atoms with E-state index in [9.17, 15) is 22.4 Å². The number of benzene rings is 4. The van der Waals surface area contributed by atoms with E-state index in [0.717, 1.165) is 24.0 Å². The van der Waals surface area contributed by atoms with Crippen LogP contribution in [-0.4, -0.2) is 51.9 Å². The topological polar surface area (TPSA) is 114 Å². The summed E-state index contributed by atoms with van der Waals surface area (Å²) in [5, 5.41) is 3.01. The van der Waals surface area contributed by atoms with Gasteiger partial charge in [0, 0.05) is 25.6 Å². The summed E-state index contributed by atoms with van der Waals surface area (Å²) in [6.07, 6.45) is 2.59. The number of ether oxygens (including phenoxy) is 2. The maximum atomic E-state index is 14.0. The van der Waals surface area contributed by atoms with E-state index in [0.29, 0.717) is 42.0 Å². The Morgan fingerprint density at radius 3 is 2.12 bits per heavy atom. The first-order valence-corrected chi connectivity index (χ1v) is 17.3. The normalized spacial score (nSPS) is 13.4. The molecule has 2 amide bonds. The number of sulfonamides is 1. The molecule has 1 aliphatic rings. The SMILES string of the molecule is COc1ccc(CCNC(=O)[C@@H](c2ccccc2)N(Cc2ccc(F)cc2)C(=O)CCc2ccc(S(=O)(=O)NC3CC3)cc2)cc1OC. The first-order valence-electron chi connectivity index (χ1n) is 15.9.